The second-order valence-corrected chi connectivity index (χ2v) is 8.56. The number of aryl methyl sites for hydroxylation is 1. The molecule has 1 aliphatic rings. The number of hydrogen-bond acceptors (Lipinski definition) is 2. The summed E-state index contributed by atoms with van der Waals surface area (Å²) in [6.45, 7) is 1.69. The number of halogens is 6. The van der Waals surface area contributed by atoms with Crippen molar-refractivity contribution in [1.82, 2.24) is 0 Å². The molecule has 0 saturated heterocycles. The van der Waals surface area contributed by atoms with E-state index >= 15 is 0 Å². The lowest BCUT2D eigenvalue weighted by Gasteiger charge is -2.18. The Kier molecular flexibility index (Phi) is 6.50. The molecule has 0 aliphatic heterocycles. The molecule has 1 saturated carbocycles. The summed E-state index contributed by atoms with van der Waals surface area (Å²) in [5.74, 6) is -3.18. The van der Waals surface area contributed by atoms with Crippen molar-refractivity contribution >= 4 is 35.1 Å². The Morgan fingerprint density at radius 3 is 2.32 bits per heavy atom. The summed E-state index contributed by atoms with van der Waals surface area (Å²) in [4.78, 5) is 12.5. The van der Waals surface area contributed by atoms with Gasteiger partial charge in [0.05, 0.1) is 27.4 Å². The quantitative estimate of drug-likeness (QED) is 0.247. The number of ketones is 1. The molecule has 3 rings (SSSR count). The van der Waals surface area contributed by atoms with E-state index in [1.807, 2.05) is 0 Å². The number of rotatable bonds is 6. The summed E-state index contributed by atoms with van der Waals surface area (Å²) >= 11 is 11.3. The van der Waals surface area contributed by atoms with Crippen LogP contribution in [0.4, 0.5) is 17.6 Å². The first-order valence-electron chi connectivity index (χ1n) is 9.40. The van der Waals surface area contributed by atoms with Gasteiger partial charge in [-0.15, -0.1) is 0 Å². The molecule has 0 amide bonds. The van der Waals surface area contributed by atoms with Gasteiger partial charge in [0, 0.05) is 12.0 Å². The second-order valence-electron chi connectivity index (χ2n) is 7.74. The van der Waals surface area contributed by atoms with E-state index < -0.39 is 33.4 Å². The van der Waals surface area contributed by atoms with Crippen LogP contribution in [-0.4, -0.2) is 12.0 Å². The van der Waals surface area contributed by atoms with Gasteiger partial charge in [0.25, 0.3) is 0 Å². The highest BCUT2D eigenvalue weighted by atomic mass is 35.5. The molecule has 0 N–H and O–H groups in total. The zero-order valence-electron chi connectivity index (χ0n) is 16.4. The number of alkyl halides is 3. The second kappa shape index (κ2) is 8.64. The molecule has 2 aromatic rings. The van der Waals surface area contributed by atoms with Gasteiger partial charge >= 0.3 is 6.18 Å². The molecule has 2 nitrogen and oxygen atoms in total. The number of benzene rings is 2. The van der Waals surface area contributed by atoms with E-state index in [1.165, 1.54) is 6.08 Å². The number of nitrogens with zero attached hydrogens (tertiary/aromatic N) is 1. The lowest BCUT2D eigenvalue weighted by atomic mass is 9.93. The summed E-state index contributed by atoms with van der Waals surface area (Å²) in [5, 5.41) is 8.17. The molecular weight excluding hydrogens is 453 g/mol. The number of carbonyl (C=O) groups is 1. The third-order valence-electron chi connectivity index (χ3n) is 5.34. The van der Waals surface area contributed by atoms with Crippen molar-refractivity contribution in [1.29, 1.82) is 5.26 Å². The molecule has 0 radical (unpaired) electrons. The third kappa shape index (κ3) is 5.28. The zero-order chi connectivity index (χ0) is 23.0. The highest BCUT2D eigenvalue weighted by Gasteiger charge is 2.45. The molecule has 31 heavy (non-hydrogen) atoms. The van der Waals surface area contributed by atoms with E-state index in [-0.39, 0.29) is 17.8 Å². The van der Waals surface area contributed by atoms with Gasteiger partial charge in [0.2, 0.25) is 0 Å². The number of carbonyl (C=O) groups excluding carboxylic acids is 1. The van der Waals surface area contributed by atoms with Crippen molar-refractivity contribution in [2.75, 3.05) is 0 Å². The number of allylic oxidation sites excluding steroid dienone is 1. The Bertz CT molecular complexity index is 1070. The maximum absolute atomic E-state index is 13.6. The Labute approximate surface area is 187 Å². The van der Waals surface area contributed by atoms with Crippen LogP contribution in [0.25, 0.3) is 6.08 Å². The Morgan fingerprint density at radius 2 is 1.84 bits per heavy atom. The van der Waals surface area contributed by atoms with Gasteiger partial charge in [-0.2, -0.15) is 18.4 Å². The van der Waals surface area contributed by atoms with Crippen LogP contribution < -0.4 is 0 Å². The minimum atomic E-state index is -4.65. The summed E-state index contributed by atoms with van der Waals surface area (Å²) in [6, 6.07) is 8.69. The van der Waals surface area contributed by atoms with E-state index in [2.05, 4.69) is 6.07 Å². The van der Waals surface area contributed by atoms with Crippen molar-refractivity contribution < 1.29 is 22.4 Å². The minimum Gasteiger partial charge on any atom is -0.294 e. The standard InChI is InChI=1S/C23H17Cl2F4NO/c1-13-8-14(2-4-16(13)20(31)11-22(12-30)6-7-22)3-5-17(23(27,28)29)15-9-18(24)21(26)19(25)10-15/h2-5,8-10,17H,6-7,11H2,1H3/b5-3+. The molecule has 8 heteroatoms. The van der Waals surface area contributed by atoms with Gasteiger partial charge < -0.3 is 0 Å². The average molecular weight is 470 g/mol. The SMILES string of the molecule is Cc1cc(/C=C/C(c2cc(Cl)c(F)c(Cl)c2)C(F)(F)F)ccc1C(=O)CC1(C#N)CC1. The molecule has 1 atom stereocenters. The fourth-order valence-electron chi connectivity index (χ4n) is 3.36. The van der Waals surface area contributed by atoms with Crippen molar-refractivity contribution in [3.05, 3.63) is 74.5 Å². The highest BCUT2D eigenvalue weighted by Crippen LogP contribution is 2.48. The molecule has 0 spiro atoms. The predicted octanol–water partition coefficient (Wildman–Crippen LogP) is 7.68. The zero-order valence-corrected chi connectivity index (χ0v) is 17.9. The monoisotopic (exact) mass is 469 g/mol. The van der Waals surface area contributed by atoms with Crippen molar-refractivity contribution in [3.8, 4) is 6.07 Å². The Morgan fingerprint density at radius 1 is 1.23 bits per heavy atom. The minimum absolute atomic E-state index is 0.141. The maximum atomic E-state index is 13.6. The lowest BCUT2D eigenvalue weighted by Crippen LogP contribution is -2.19. The van der Waals surface area contributed by atoms with Crippen LogP contribution in [0.2, 0.25) is 10.0 Å². The fourth-order valence-corrected chi connectivity index (χ4v) is 3.86. The van der Waals surface area contributed by atoms with E-state index in [9.17, 15) is 22.4 Å². The lowest BCUT2D eigenvalue weighted by molar-refractivity contribution is -0.139. The molecular formula is C23H17Cl2F4NO. The first kappa shape index (κ1) is 23.3. The van der Waals surface area contributed by atoms with E-state index in [4.69, 9.17) is 28.5 Å². The third-order valence-corrected chi connectivity index (χ3v) is 5.89. The summed E-state index contributed by atoms with van der Waals surface area (Å²) in [5.41, 5.74) is 0.666. The smallest absolute Gasteiger partial charge is 0.294 e. The van der Waals surface area contributed by atoms with Gasteiger partial charge in [-0.3, -0.25) is 4.79 Å². The van der Waals surface area contributed by atoms with E-state index in [0.717, 1.165) is 18.2 Å². The van der Waals surface area contributed by atoms with Crippen LogP contribution >= 0.6 is 23.2 Å². The largest absolute Gasteiger partial charge is 0.399 e. The van der Waals surface area contributed by atoms with E-state index in [1.54, 1.807) is 25.1 Å². The normalized spacial score (nSPS) is 16.2. The first-order chi connectivity index (χ1) is 14.5. The molecule has 162 valence electrons. The number of Topliss-reactive ketones (excluding diaryl/α,β-unsaturated/α-hetero) is 1. The fraction of sp³-hybridized carbons (Fsp3) is 0.304. The molecule has 0 heterocycles. The average Bonchev–Trinajstić information content (AvgIpc) is 3.45. The van der Waals surface area contributed by atoms with Crippen LogP contribution in [0.15, 0.2) is 36.4 Å². The highest BCUT2D eigenvalue weighted by molar-refractivity contribution is 6.35. The molecule has 1 aliphatic carbocycles. The molecule has 1 unspecified atom stereocenters. The summed E-state index contributed by atoms with van der Waals surface area (Å²) < 4.78 is 54.4. The number of nitriles is 1. The Balaban J connectivity index is 1.85. The van der Waals surface area contributed by atoms with Gasteiger partial charge in [-0.05, 0) is 48.6 Å². The Hall–Kier alpha value is -2.36. The van der Waals surface area contributed by atoms with Gasteiger partial charge in [-0.25, -0.2) is 4.39 Å². The van der Waals surface area contributed by atoms with Crippen molar-refractivity contribution in [3.63, 3.8) is 0 Å². The first-order valence-corrected chi connectivity index (χ1v) is 10.2. The van der Waals surface area contributed by atoms with Gasteiger partial charge in [-0.1, -0.05) is 53.6 Å². The van der Waals surface area contributed by atoms with E-state index in [0.29, 0.717) is 29.5 Å². The predicted molar refractivity (Wildman–Crippen MR) is 112 cm³/mol. The number of hydrogen-bond donors (Lipinski definition) is 0. The van der Waals surface area contributed by atoms with Gasteiger partial charge in [0.15, 0.2) is 11.6 Å². The van der Waals surface area contributed by atoms with Crippen LogP contribution in [0.3, 0.4) is 0 Å². The summed E-state index contributed by atoms with van der Waals surface area (Å²) in [6.07, 6.45) is -0.895. The topological polar surface area (TPSA) is 40.9 Å². The molecule has 0 bridgehead atoms. The van der Waals surface area contributed by atoms with Crippen LogP contribution in [-0.2, 0) is 0 Å². The molecule has 2 aromatic carbocycles. The van der Waals surface area contributed by atoms with Crippen molar-refractivity contribution in [2.24, 2.45) is 5.41 Å². The maximum Gasteiger partial charge on any atom is 0.399 e. The molecule has 1 fully saturated rings. The van der Waals surface area contributed by atoms with Crippen LogP contribution in [0.1, 0.15) is 52.2 Å². The molecule has 0 aromatic heterocycles. The van der Waals surface area contributed by atoms with Crippen LogP contribution in [0.5, 0.6) is 0 Å². The van der Waals surface area contributed by atoms with Crippen molar-refractivity contribution in [2.45, 2.75) is 38.3 Å². The van der Waals surface area contributed by atoms with Crippen LogP contribution in [0, 0.1) is 29.5 Å². The van der Waals surface area contributed by atoms with Gasteiger partial charge in [0.1, 0.15) is 0 Å². The summed E-state index contributed by atoms with van der Waals surface area (Å²) in [7, 11) is 0.